The van der Waals surface area contributed by atoms with Crippen molar-refractivity contribution in [2.45, 2.75) is 40.7 Å². The van der Waals surface area contributed by atoms with Gasteiger partial charge in [0.2, 0.25) is 0 Å². The van der Waals surface area contributed by atoms with Gasteiger partial charge in [0.05, 0.1) is 5.56 Å². The maximum Gasteiger partial charge on any atom is 0.278 e. The lowest BCUT2D eigenvalue weighted by atomic mass is 10.1. The molecule has 1 amide bonds. The Kier molecular flexibility index (Phi) is 5.60. The first-order valence-corrected chi connectivity index (χ1v) is 9.04. The van der Waals surface area contributed by atoms with Crippen LogP contribution in [-0.2, 0) is 13.0 Å². The lowest BCUT2D eigenvalue weighted by Crippen LogP contribution is -2.16. The van der Waals surface area contributed by atoms with Crippen LogP contribution in [0.4, 0.5) is 5.69 Å². The molecule has 0 aliphatic rings. The predicted molar refractivity (Wildman–Crippen MR) is 105 cm³/mol. The van der Waals surface area contributed by atoms with Gasteiger partial charge in [-0.25, -0.2) is 0 Å². The summed E-state index contributed by atoms with van der Waals surface area (Å²) in [4.78, 5) is 12.8. The summed E-state index contributed by atoms with van der Waals surface area (Å²) in [6.07, 6.45) is 0.830. The molecule has 0 atom stereocenters. The summed E-state index contributed by atoms with van der Waals surface area (Å²) in [6.45, 7) is 8.06. The molecule has 3 rings (SSSR count). The van der Waals surface area contributed by atoms with E-state index in [9.17, 15) is 4.79 Å². The average molecular weight is 364 g/mol. The minimum atomic E-state index is -0.299. The molecule has 0 saturated carbocycles. The van der Waals surface area contributed by atoms with Crippen LogP contribution < -0.4 is 10.1 Å². The molecule has 1 aromatic heterocycles. The molecule has 0 aliphatic heterocycles. The van der Waals surface area contributed by atoms with E-state index in [4.69, 9.17) is 9.26 Å². The number of rotatable bonds is 6. The molecular formula is C22H24N2O3. The van der Waals surface area contributed by atoms with Gasteiger partial charge in [-0.05, 0) is 56.0 Å². The van der Waals surface area contributed by atoms with E-state index >= 15 is 0 Å². The number of anilines is 1. The van der Waals surface area contributed by atoms with Crippen LogP contribution in [0.1, 0.15) is 45.4 Å². The van der Waals surface area contributed by atoms with Crippen molar-refractivity contribution in [2.24, 2.45) is 0 Å². The van der Waals surface area contributed by atoms with Gasteiger partial charge in [-0.3, -0.25) is 4.79 Å². The molecule has 0 radical (unpaired) electrons. The van der Waals surface area contributed by atoms with E-state index in [0.29, 0.717) is 11.3 Å². The van der Waals surface area contributed by atoms with E-state index in [1.165, 1.54) is 0 Å². The Balaban J connectivity index is 1.79. The van der Waals surface area contributed by atoms with Crippen LogP contribution >= 0.6 is 0 Å². The van der Waals surface area contributed by atoms with Gasteiger partial charge in [0.15, 0.2) is 5.69 Å². The average Bonchev–Trinajstić information content (AvgIpc) is 3.03. The number of aryl methyl sites for hydroxylation is 4. The van der Waals surface area contributed by atoms with E-state index in [-0.39, 0.29) is 18.2 Å². The van der Waals surface area contributed by atoms with Crippen molar-refractivity contribution < 1.29 is 14.1 Å². The quantitative estimate of drug-likeness (QED) is 0.669. The zero-order valence-electron chi connectivity index (χ0n) is 16.1. The maximum atomic E-state index is 12.8. The van der Waals surface area contributed by atoms with Crippen LogP contribution in [0.15, 0.2) is 47.0 Å². The molecule has 0 saturated heterocycles. The Morgan fingerprint density at radius 3 is 2.70 bits per heavy atom. The summed E-state index contributed by atoms with van der Waals surface area (Å²) in [5, 5.41) is 6.89. The Morgan fingerprint density at radius 1 is 1.15 bits per heavy atom. The standard InChI is InChI=1S/C22H24N2O3/c1-5-17-8-6-7-9-19(17)23-22(25)21-18(16(4)27-24-21)13-26-20-12-14(2)10-11-15(20)3/h6-12H,5,13H2,1-4H3,(H,23,25). The van der Waals surface area contributed by atoms with Crippen LogP contribution in [0.5, 0.6) is 5.75 Å². The highest BCUT2D eigenvalue weighted by molar-refractivity contribution is 6.04. The Bertz CT molecular complexity index is 960. The van der Waals surface area contributed by atoms with Crippen LogP contribution in [0.25, 0.3) is 0 Å². The lowest BCUT2D eigenvalue weighted by Gasteiger charge is -2.11. The largest absolute Gasteiger partial charge is 0.488 e. The molecule has 140 valence electrons. The van der Waals surface area contributed by atoms with E-state index in [1.807, 2.05) is 56.3 Å². The number of benzene rings is 2. The SMILES string of the molecule is CCc1ccccc1NC(=O)c1noc(C)c1COc1cc(C)ccc1C. The van der Waals surface area contributed by atoms with Crippen LogP contribution in [0, 0.1) is 20.8 Å². The molecular weight excluding hydrogens is 340 g/mol. The van der Waals surface area contributed by atoms with Gasteiger partial charge in [0.25, 0.3) is 5.91 Å². The van der Waals surface area contributed by atoms with Crippen molar-refractivity contribution in [1.29, 1.82) is 0 Å². The highest BCUT2D eigenvalue weighted by Crippen LogP contribution is 2.23. The monoisotopic (exact) mass is 364 g/mol. The van der Waals surface area contributed by atoms with Gasteiger partial charge in [0, 0.05) is 5.69 Å². The third-order valence-electron chi connectivity index (χ3n) is 4.56. The molecule has 0 unspecified atom stereocenters. The molecule has 3 aromatic rings. The minimum Gasteiger partial charge on any atom is -0.488 e. The Hall–Kier alpha value is -3.08. The fraction of sp³-hybridized carbons (Fsp3) is 0.273. The van der Waals surface area contributed by atoms with Gasteiger partial charge in [-0.2, -0.15) is 0 Å². The number of carbonyl (C=O) groups is 1. The zero-order valence-corrected chi connectivity index (χ0v) is 16.1. The van der Waals surface area contributed by atoms with E-state index in [1.54, 1.807) is 6.92 Å². The smallest absolute Gasteiger partial charge is 0.278 e. The molecule has 0 aliphatic carbocycles. The first-order chi connectivity index (χ1) is 13.0. The number of hydrogen-bond donors (Lipinski definition) is 1. The van der Waals surface area contributed by atoms with Crippen molar-refractivity contribution in [3.05, 3.63) is 76.2 Å². The predicted octanol–water partition coefficient (Wildman–Crippen LogP) is 4.99. The highest BCUT2D eigenvalue weighted by atomic mass is 16.5. The molecule has 0 spiro atoms. The highest BCUT2D eigenvalue weighted by Gasteiger charge is 2.21. The number of nitrogens with one attached hydrogen (secondary N) is 1. The van der Waals surface area contributed by atoms with Crippen LogP contribution in [-0.4, -0.2) is 11.1 Å². The summed E-state index contributed by atoms with van der Waals surface area (Å²) in [6, 6.07) is 13.8. The molecule has 5 nitrogen and oxygen atoms in total. The van der Waals surface area contributed by atoms with Crippen molar-refractivity contribution >= 4 is 11.6 Å². The second-order valence-electron chi connectivity index (χ2n) is 6.59. The lowest BCUT2D eigenvalue weighted by molar-refractivity contribution is 0.101. The molecule has 1 heterocycles. The fourth-order valence-electron chi connectivity index (χ4n) is 2.88. The first kappa shape index (κ1) is 18.7. The van der Waals surface area contributed by atoms with Gasteiger partial charge < -0.3 is 14.6 Å². The van der Waals surface area contributed by atoms with Crippen molar-refractivity contribution in [2.75, 3.05) is 5.32 Å². The number of amides is 1. The normalized spacial score (nSPS) is 10.7. The van der Waals surface area contributed by atoms with E-state index in [0.717, 1.165) is 34.5 Å². The Morgan fingerprint density at radius 2 is 1.93 bits per heavy atom. The van der Waals surface area contributed by atoms with Crippen LogP contribution in [0.2, 0.25) is 0 Å². The minimum absolute atomic E-state index is 0.220. The second-order valence-corrected chi connectivity index (χ2v) is 6.59. The van der Waals surface area contributed by atoms with Crippen molar-refractivity contribution in [3.63, 3.8) is 0 Å². The van der Waals surface area contributed by atoms with E-state index < -0.39 is 0 Å². The number of nitrogens with zero attached hydrogens (tertiary/aromatic N) is 1. The van der Waals surface area contributed by atoms with Gasteiger partial charge in [-0.15, -0.1) is 0 Å². The summed E-state index contributed by atoms with van der Waals surface area (Å²) < 4.78 is 11.2. The van der Waals surface area contributed by atoms with Crippen molar-refractivity contribution in [3.8, 4) is 5.75 Å². The fourth-order valence-corrected chi connectivity index (χ4v) is 2.88. The number of carbonyl (C=O) groups excluding carboxylic acids is 1. The third-order valence-corrected chi connectivity index (χ3v) is 4.56. The maximum absolute atomic E-state index is 12.8. The number of aromatic nitrogens is 1. The molecule has 5 heteroatoms. The van der Waals surface area contributed by atoms with Gasteiger partial charge >= 0.3 is 0 Å². The van der Waals surface area contributed by atoms with Crippen LogP contribution in [0.3, 0.4) is 0 Å². The third kappa shape index (κ3) is 4.19. The Labute approximate surface area is 159 Å². The first-order valence-electron chi connectivity index (χ1n) is 9.04. The molecule has 2 aromatic carbocycles. The molecule has 1 N–H and O–H groups in total. The summed E-state index contributed by atoms with van der Waals surface area (Å²) >= 11 is 0. The molecule has 0 bridgehead atoms. The van der Waals surface area contributed by atoms with Crippen molar-refractivity contribution in [1.82, 2.24) is 5.16 Å². The topological polar surface area (TPSA) is 64.4 Å². The molecule has 27 heavy (non-hydrogen) atoms. The molecule has 0 fully saturated rings. The summed E-state index contributed by atoms with van der Waals surface area (Å²) in [5.41, 5.74) is 4.92. The van der Waals surface area contributed by atoms with E-state index in [2.05, 4.69) is 17.4 Å². The summed E-state index contributed by atoms with van der Waals surface area (Å²) in [5.74, 6) is 1.07. The summed E-state index contributed by atoms with van der Waals surface area (Å²) in [7, 11) is 0. The number of para-hydroxylation sites is 1. The van der Waals surface area contributed by atoms with Gasteiger partial charge in [0.1, 0.15) is 18.1 Å². The number of ether oxygens (including phenoxy) is 1. The van der Waals surface area contributed by atoms with Gasteiger partial charge in [-0.1, -0.05) is 42.4 Å². The second kappa shape index (κ2) is 8.08. The number of hydrogen-bond acceptors (Lipinski definition) is 4. The zero-order chi connectivity index (χ0) is 19.4.